The van der Waals surface area contributed by atoms with Crippen LogP contribution in [-0.2, 0) is 9.47 Å². The molecule has 0 aromatic rings. The van der Waals surface area contributed by atoms with Crippen LogP contribution in [0.3, 0.4) is 0 Å². The summed E-state index contributed by atoms with van der Waals surface area (Å²) in [5.74, 6) is 0. The van der Waals surface area contributed by atoms with Gasteiger partial charge in [-0.05, 0) is 0 Å². The molecule has 0 aliphatic carbocycles. The van der Waals surface area contributed by atoms with Crippen molar-refractivity contribution >= 4 is 12.2 Å². The zero-order valence-electron chi connectivity index (χ0n) is 9.57. The molecule has 6 heteroatoms. The summed E-state index contributed by atoms with van der Waals surface area (Å²) in [6.07, 6.45) is -1.26. The van der Waals surface area contributed by atoms with E-state index >= 15 is 0 Å². The molecule has 0 unspecified atom stereocenters. The molecule has 0 aliphatic rings. The molecule has 0 saturated heterocycles. The zero-order chi connectivity index (χ0) is 12.1. The van der Waals surface area contributed by atoms with E-state index in [0.29, 0.717) is 0 Å². The van der Waals surface area contributed by atoms with E-state index < -0.39 is 17.6 Å². The van der Waals surface area contributed by atoms with Crippen molar-refractivity contribution in [3.63, 3.8) is 0 Å². The molecule has 6 nitrogen and oxygen atoms in total. The molecule has 0 aromatic heterocycles. The number of hydrogen-bond acceptors (Lipinski definition) is 4. The van der Waals surface area contributed by atoms with Crippen LogP contribution in [0, 0.1) is 5.41 Å². The summed E-state index contributed by atoms with van der Waals surface area (Å²) in [6, 6.07) is 0. The number of hydrogen-bond donors (Lipinski definition) is 1. The Morgan fingerprint density at radius 1 is 1.20 bits per heavy atom. The van der Waals surface area contributed by atoms with Gasteiger partial charge in [0.2, 0.25) is 0 Å². The van der Waals surface area contributed by atoms with Crippen LogP contribution in [0.15, 0.2) is 0 Å². The predicted molar refractivity (Wildman–Crippen MR) is 54.4 cm³/mol. The normalized spacial score (nSPS) is 10.7. The van der Waals surface area contributed by atoms with E-state index in [1.807, 2.05) is 0 Å². The van der Waals surface area contributed by atoms with E-state index in [1.54, 1.807) is 27.9 Å². The summed E-state index contributed by atoms with van der Waals surface area (Å²) in [7, 11) is 3.19. The maximum Gasteiger partial charge on any atom is 0.409 e. The van der Waals surface area contributed by atoms with Crippen LogP contribution in [0.25, 0.3) is 0 Å². The number of nitrogens with zero attached hydrogens (tertiary/aromatic N) is 1. The van der Waals surface area contributed by atoms with Crippen molar-refractivity contribution in [1.29, 1.82) is 0 Å². The minimum absolute atomic E-state index is 0.114. The summed E-state index contributed by atoms with van der Waals surface area (Å²) < 4.78 is 9.59. The first-order chi connectivity index (χ1) is 6.74. The van der Waals surface area contributed by atoms with Crippen molar-refractivity contribution in [1.82, 2.24) is 4.90 Å². The summed E-state index contributed by atoms with van der Waals surface area (Å²) in [5, 5.41) is 0. The van der Waals surface area contributed by atoms with E-state index in [-0.39, 0.29) is 13.2 Å². The fraction of sp³-hybridized carbons (Fsp3) is 0.778. The molecule has 0 aromatic carbocycles. The van der Waals surface area contributed by atoms with Gasteiger partial charge in [-0.1, -0.05) is 13.8 Å². The van der Waals surface area contributed by atoms with Crippen molar-refractivity contribution in [2.45, 2.75) is 13.8 Å². The largest absolute Gasteiger partial charge is 0.449 e. The van der Waals surface area contributed by atoms with Gasteiger partial charge in [-0.3, -0.25) is 0 Å². The smallest absolute Gasteiger partial charge is 0.409 e. The van der Waals surface area contributed by atoms with Crippen LogP contribution >= 0.6 is 0 Å². The topological polar surface area (TPSA) is 81.9 Å². The Balaban J connectivity index is 3.93. The van der Waals surface area contributed by atoms with Crippen molar-refractivity contribution in [3.05, 3.63) is 0 Å². The Morgan fingerprint density at radius 2 is 1.67 bits per heavy atom. The van der Waals surface area contributed by atoms with Gasteiger partial charge >= 0.3 is 12.2 Å². The third-order valence-corrected chi connectivity index (χ3v) is 1.56. The van der Waals surface area contributed by atoms with Crippen molar-refractivity contribution in [2.24, 2.45) is 11.1 Å². The lowest BCUT2D eigenvalue weighted by molar-refractivity contribution is 0.0400. The lowest BCUT2D eigenvalue weighted by Crippen LogP contribution is -2.32. The molecule has 0 spiro atoms. The third kappa shape index (κ3) is 6.59. The van der Waals surface area contributed by atoms with E-state index in [9.17, 15) is 9.59 Å². The van der Waals surface area contributed by atoms with Gasteiger partial charge in [-0.25, -0.2) is 9.59 Å². The number of rotatable bonds is 4. The first-order valence-electron chi connectivity index (χ1n) is 4.51. The average molecular weight is 218 g/mol. The molecule has 0 atom stereocenters. The molecule has 0 aliphatic heterocycles. The van der Waals surface area contributed by atoms with Gasteiger partial charge in [0.05, 0.1) is 0 Å². The Kier molecular flexibility index (Phi) is 4.90. The number of ether oxygens (including phenoxy) is 2. The quantitative estimate of drug-likeness (QED) is 0.756. The maximum atomic E-state index is 11.1. The van der Waals surface area contributed by atoms with E-state index in [2.05, 4.69) is 4.74 Å². The number of carbonyl (C=O) groups excluding carboxylic acids is 2. The standard InChI is InChI=1S/C9H18N2O4/c1-9(2,5-14-7(10)12)6-15-8(13)11(3)4/h5-6H2,1-4H3,(H2,10,12). The zero-order valence-corrected chi connectivity index (χ0v) is 9.57. The minimum atomic E-state index is -0.831. The molecule has 0 radical (unpaired) electrons. The number of primary amides is 1. The summed E-state index contributed by atoms with van der Waals surface area (Å²) in [4.78, 5) is 22.8. The van der Waals surface area contributed by atoms with Crippen LogP contribution < -0.4 is 5.73 Å². The second-order valence-corrected chi connectivity index (χ2v) is 4.22. The van der Waals surface area contributed by atoms with Gasteiger partial charge < -0.3 is 20.1 Å². The molecule has 2 amide bonds. The van der Waals surface area contributed by atoms with Gasteiger partial charge in [-0.15, -0.1) is 0 Å². The highest BCUT2D eigenvalue weighted by atomic mass is 16.6. The molecule has 0 saturated carbocycles. The number of carbonyl (C=O) groups is 2. The molecule has 0 rings (SSSR count). The molecule has 2 N–H and O–H groups in total. The molecule has 0 heterocycles. The molecule has 15 heavy (non-hydrogen) atoms. The van der Waals surface area contributed by atoms with Gasteiger partial charge in [0.25, 0.3) is 0 Å². The van der Waals surface area contributed by atoms with Crippen LogP contribution in [0.5, 0.6) is 0 Å². The first kappa shape index (κ1) is 13.5. The van der Waals surface area contributed by atoms with Gasteiger partial charge in [0.1, 0.15) is 13.2 Å². The van der Waals surface area contributed by atoms with Crippen molar-refractivity contribution < 1.29 is 19.1 Å². The highest BCUT2D eigenvalue weighted by molar-refractivity contribution is 5.66. The van der Waals surface area contributed by atoms with Crippen LogP contribution in [0.2, 0.25) is 0 Å². The van der Waals surface area contributed by atoms with Crippen LogP contribution in [0.1, 0.15) is 13.8 Å². The Morgan fingerprint density at radius 3 is 2.07 bits per heavy atom. The number of amides is 2. The fourth-order valence-electron chi connectivity index (χ4n) is 0.694. The summed E-state index contributed by atoms with van der Waals surface area (Å²) >= 11 is 0. The Bertz CT molecular complexity index is 238. The first-order valence-corrected chi connectivity index (χ1v) is 4.51. The lowest BCUT2D eigenvalue weighted by Gasteiger charge is -2.24. The van der Waals surface area contributed by atoms with Gasteiger partial charge in [-0.2, -0.15) is 0 Å². The van der Waals surface area contributed by atoms with E-state index in [0.717, 1.165) is 0 Å². The van der Waals surface area contributed by atoms with E-state index in [4.69, 9.17) is 10.5 Å². The highest BCUT2D eigenvalue weighted by Crippen LogP contribution is 2.16. The van der Waals surface area contributed by atoms with Crippen molar-refractivity contribution in [3.8, 4) is 0 Å². The third-order valence-electron chi connectivity index (χ3n) is 1.56. The van der Waals surface area contributed by atoms with Gasteiger partial charge in [0.15, 0.2) is 0 Å². The van der Waals surface area contributed by atoms with Crippen molar-refractivity contribution in [2.75, 3.05) is 27.3 Å². The molecule has 88 valence electrons. The predicted octanol–water partition coefficient (Wildman–Crippen LogP) is 0.806. The SMILES string of the molecule is CN(C)C(=O)OCC(C)(C)COC(N)=O. The molecular weight excluding hydrogens is 200 g/mol. The fourth-order valence-corrected chi connectivity index (χ4v) is 0.694. The maximum absolute atomic E-state index is 11.1. The second kappa shape index (κ2) is 5.43. The second-order valence-electron chi connectivity index (χ2n) is 4.22. The van der Waals surface area contributed by atoms with Gasteiger partial charge in [0, 0.05) is 19.5 Å². The number of nitrogens with two attached hydrogens (primary N) is 1. The average Bonchev–Trinajstić information content (AvgIpc) is 2.11. The van der Waals surface area contributed by atoms with Crippen LogP contribution in [0.4, 0.5) is 9.59 Å². The Labute approximate surface area is 89.3 Å². The lowest BCUT2D eigenvalue weighted by atomic mass is 9.96. The highest BCUT2D eigenvalue weighted by Gasteiger charge is 2.22. The minimum Gasteiger partial charge on any atom is -0.449 e. The monoisotopic (exact) mass is 218 g/mol. The molecular formula is C9H18N2O4. The Hall–Kier alpha value is -1.46. The van der Waals surface area contributed by atoms with E-state index in [1.165, 1.54) is 4.90 Å². The summed E-state index contributed by atoms with van der Waals surface area (Å²) in [5.41, 5.74) is 4.38. The summed E-state index contributed by atoms with van der Waals surface area (Å²) in [6.45, 7) is 3.89. The molecule has 0 fully saturated rings. The van der Waals surface area contributed by atoms with Crippen LogP contribution in [-0.4, -0.2) is 44.4 Å². The molecule has 0 bridgehead atoms.